The van der Waals surface area contributed by atoms with Crippen molar-refractivity contribution in [2.75, 3.05) is 24.2 Å². The zero-order valence-corrected chi connectivity index (χ0v) is 23.7. The smallest absolute Gasteiger partial charge is 0.243 e. The highest BCUT2D eigenvalue weighted by molar-refractivity contribution is 7.92. The third-order valence-electron chi connectivity index (χ3n) is 6.32. The van der Waals surface area contributed by atoms with Gasteiger partial charge >= 0.3 is 0 Å². The summed E-state index contributed by atoms with van der Waals surface area (Å²) < 4.78 is 31.6. The fraction of sp³-hybridized carbons (Fsp3) is 0.500. The Hall–Kier alpha value is -3.07. The maximum atomic E-state index is 13.5. The summed E-state index contributed by atoms with van der Waals surface area (Å²) in [6.07, 6.45) is 2.81. The largest absolute Gasteiger partial charge is 0.497 e. The zero-order valence-electron chi connectivity index (χ0n) is 22.9. The maximum Gasteiger partial charge on any atom is 0.243 e. The van der Waals surface area contributed by atoms with Crippen LogP contribution in [0, 0.1) is 6.92 Å². The maximum absolute atomic E-state index is 13.5. The molecule has 0 aliphatic carbocycles. The minimum atomic E-state index is -3.58. The second-order valence-corrected chi connectivity index (χ2v) is 11.3. The Labute approximate surface area is 222 Å². The minimum Gasteiger partial charge on any atom is -0.497 e. The molecule has 0 saturated heterocycles. The second-order valence-electron chi connectivity index (χ2n) is 9.39. The zero-order chi connectivity index (χ0) is 27.6. The van der Waals surface area contributed by atoms with Crippen molar-refractivity contribution in [2.45, 2.75) is 72.0 Å². The summed E-state index contributed by atoms with van der Waals surface area (Å²) in [6, 6.07) is 14.1. The quantitative estimate of drug-likeness (QED) is 0.393. The number of hydrogen-bond acceptors (Lipinski definition) is 5. The van der Waals surface area contributed by atoms with Gasteiger partial charge in [0.05, 0.1) is 19.1 Å². The first kappa shape index (κ1) is 30.2. The number of sulfonamides is 1. The Morgan fingerprint density at radius 3 is 2.35 bits per heavy atom. The van der Waals surface area contributed by atoms with E-state index in [-0.39, 0.29) is 30.8 Å². The summed E-state index contributed by atoms with van der Waals surface area (Å²) in [7, 11) is -2.06. The number of ether oxygens (including phenoxy) is 1. The first-order valence-corrected chi connectivity index (χ1v) is 14.6. The van der Waals surface area contributed by atoms with Gasteiger partial charge in [0.2, 0.25) is 21.8 Å². The highest BCUT2D eigenvalue weighted by Gasteiger charge is 2.29. The molecule has 0 heterocycles. The molecular formula is C28H41N3O5S. The van der Waals surface area contributed by atoms with Gasteiger partial charge in [-0.25, -0.2) is 8.42 Å². The Bertz CT molecular complexity index is 1150. The fourth-order valence-electron chi connectivity index (χ4n) is 4.14. The van der Waals surface area contributed by atoms with E-state index in [1.807, 2.05) is 52.0 Å². The Kier molecular flexibility index (Phi) is 11.4. The van der Waals surface area contributed by atoms with Crippen LogP contribution in [-0.2, 0) is 26.2 Å². The van der Waals surface area contributed by atoms with Gasteiger partial charge in [0.1, 0.15) is 11.8 Å². The molecule has 0 saturated carbocycles. The van der Waals surface area contributed by atoms with Gasteiger partial charge in [-0.1, -0.05) is 49.7 Å². The molecule has 0 aliphatic heterocycles. The highest BCUT2D eigenvalue weighted by Crippen LogP contribution is 2.24. The molecule has 8 nitrogen and oxygen atoms in total. The number of aryl methyl sites for hydroxylation is 1. The molecule has 0 bridgehead atoms. The van der Waals surface area contributed by atoms with E-state index in [1.165, 1.54) is 11.4 Å². The molecule has 2 atom stereocenters. The van der Waals surface area contributed by atoms with E-state index in [0.29, 0.717) is 30.8 Å². The Balaban J connectivity index is 2.23. The number of benzene rings is 2. The van der Waals surface area contributed by atoms with Crippen molar-refractivity contribution in [2.24, 2.45) is 0 Å². The number of hydrogen-bond donors (Lipinski definition) is 1. The van der Waals surface area contributed by atoms with E-state index in [0.717, 1.165) is 23.8 Å². The van der Waals surface area contributed by atoms with E-state index in [9.17, 15) is 18.0 Å². The lowest BCUT2D eigenvalue weighted by Crippen LogP contribution is -2.50. The summed E-state index contributed by atoms with van der Waals surface area (Å²) >= 11 is 0. The Morgan fingerprint density at radius 2 is 1.76 bits per heavy atom. The standard InChI is InChI=1S/C28H41N3O5S/c1-7-22(4)29-28(33)26(8-2)30(20-23-13-9-12-21(3)18-23)27(32)16-11-17-31(37(6,34)35)24-14-10-15-25(19-24)36-5/h9-10,12-15,18-19,22,26H,7-8,11,16-17,20H2,1-6H3,(H,29,33). The van der Waals surface area contributed by atoms with Crippen molar-refractivity contribution in [3.8, 4) is 5.75 Å². The predicted octanol–water partition coefficient (Wildman–Crippen LogP) is 4.27. The summed E-state index contributed by atoms with van der Waals surface area (Å²) in [4.78, 5) is 28.2. The van der Waals surface area contributed by atoms with Crippen molar-refractivity contribution in [1.29, 1.82) is 0 Å². The van der Waals surface area contributed by atoms with Crippen molar-refractivity contribution in [3.63, 3.8) is 0 Å². The third-order valence-corrected chi connectivity index (χ3v) is 7.51. The second kappa shape index (κ2) is 14.0. The molecule has 204 valence electrons. The number of carbonyl (C=O) groups is 2. The average Bonchev–Trinajstić information content (AvgIpc) is 2.85. The monoisotopic (exact) mass is 531 g/mol. The van der Waals surface area contributed by atoms with Gasteiger partial charge in [0, 0.05) is 31.6 Å². The third kappa shape index (κ3) is 9.07. The number of nitrogens with zero attached hydrogens (tertiary/aromatic N) is 2. The molecule has 37 heavy (non-hydrogen) atoms. The van der Waals surface area contributed by atoms with Crippen molar-refractivity contribution in [3.05, 3.63) is 59.7 Å². The van der Waals surface area contributed by atoms with Gasteiger partial charge in [0.25, 0.3) is 0 Å². The minimum absolute atomic E-state index is 0.00338. The van der Waals surface area contributed by atoms with Crippen molar-refractivity contribution in [1.82, 2.24) is 10.2 Å². The number of carbonyl (C=O) groups excluding carboxylic acids is 2. The first-order valence-electron chi connectivity index (χ1n) is 12.8. The van der Waals surface area contributed by atoms with Crippen LogP contribution in [0.1, 0.15) is 57.6 Å². The summed E-state index contributed by atoms with van der Waals surface area (Å²) in [5.41, 5.74) is 2.49. The molecule has 0 radical (unpaired) electrons. The number of nitrogens with one attached hydrogen (secondary N) is 1. The van der Waals surface area contributed by atoms with Crippen LogP contribution in [-0.4, -0.2) is 57.1 Å². The fourth-order valence-corrected chi connectivity index (χ4v) is 5.09. The van der Waals surface area contributed by atoms with Crippen LogP contribution >= 0.6 is 0 Å². The molecular weight excluding hydrogens is 490 g/mol. The lowest BCUT2D eigenvalue weighted by molar-refractivity contribution is -0.141. The normalized spacial score (nSPS) is 12.9. The van der Waals surface area contributed by atoms with Gasteiger partial charge < -0.3 is 15.0 Å². The molecule has 2 unspecified atom stereocenters. The highest BCUT2D eigenvalue weighted by atomic mass is 32.2. The van der Waals surface area contributed by atoms with Crippen LogP contribution in [0.25, 0.3) is 0 Å². The van der Waals surface area contributed by atoms with Crippen LogP contribution in [0.4, 0.5) is 5.69 Å². The van der Waals surface area contributed by atoms with Gasteiger partial charge in [-0.15, -0.1) is 0 Å². The summed E-state index contributed by atoms with van der Waals surface area (Å²) in [5.74, 6) is 0.184. The topological polar surface area (TPSA) is 96.0 Å². The van der Waals surface area contributed by atoms with Gasteiger partial charge in [-0.05, 0) is 50.8 Å². The molecule has 0 aliphatic rings. The van der Waals surface area contributed by atoms with E-state index >= 15 is 0 Å². The number of amides is 2. The number of rotatable bonds is 14. The number of anilines is 1. The molecule has 2 amide bonds. The average molecular weight is 532 g/mol. The molecule has 2 aromatic rings. The van der Waals surface area contributed by atoms with Crippen molar-refractivity contribution < 1.29 is 22.7 Å². The van der Waals surface area contributed by atoms with E-state index in [2.05, 4.69) is 5.32 Å². The summed E-state index contributed by atoms with van der Waals surface area (Å²) in [6.45, 7) is 8.25. The van der Waals surface area contributed by atoms with Crippen molar-refractivity contribution >= 4 is 27.5 Å². The van der Waals surface area contributed by atoms with E-state index in [1.54, 1.807) is 29.2 Å². The van der Waals surface area contributed by atoms with Gasteiger partial charge in [-0.3, -0.25) is 13.9 Å². The van der Waals surface area contributed by atoms with Crippen LogP contribution in [0.2, 0.25) is 0 Å². The van der Waals surface area contributed by atoms with Gasteiger partial charge in [0.15, 0.2) is 0 Å². The molecule has 2 rings (SSSR count). The molecule has 2 aromatic carbocycles. The molecule has 0 fully saturated rings. The van der Waals surface area contributed by atoms with Crippen LogP contribution in [0.3, 0.4) is 0 Å². The van der Waals surface area contributed by atoms with E-state index in [4.69, 9.17) is 4.74 Å². The predicted molar refractivity (Wildman–Crippen MR) is 148 cm³/mol. The van der Waals surface area contributed by atoms with Crippen LogP contribution < -0.4 is 14.4 Å². The lowest BCUT2D eigenvalue weighted by Gasteiger charge is -2.32. The molecule has 1 N–H and O–H groups in total. The number of methoxy groups -OCH3 is 1. The first-order chi connectivity index (χ1) is 17.5. The van der Waals surface area contributed by atoms with E-state index < -0.39 is 16.1 Å². The molecule has 0 aromatic heterocycles. The van der Waals surface area contributed by atoms with Gasteiger partial charge in [-0.2, -0.15) is 0 Å². The Morgan fingerprint density at radius 1 is 1.05 bits per heavy atom. The summed E-state index contributed by atoms with van der Waals surface area (Å²) in [5, 5.41) is 3.01. The van der Waals surface area contributed by atoms with Crippen LogP contribution in [0.5, 0.6) is 5.75 Å². The SMILES string of the molecule is CCC(C)NC(=O)C(CC)N(Cc1cccc(C)c1)C(=O)CCCN(c1cccc(OC)c1)S(C)(=O)=O. The molecule has 9 heteroatoms. The molecule has 0 spiro atoms. The lowest BCUT2D eigenvalue weighted by atomic mass is 10.1. The van der Waals surface area contributed by atoms with Crippen LogP contribution in [0.15, 0.2) is 48.5 Å².